The second-order valence-electron chi connectivity index (χ2n) is 22.3. The van der Waals surface area contributed by atoms with E-state index in [0.717, 1.165) is 95.9 Å². The van der Waals surface area contributed by atoms with Gasteiger partial charge in [-0.05, 0) is 106 Å². The first-order valence-electron chi connectivity index (χ1n) is 29.3. The average molecular weight is 1250 g/mol. The van der Waals surface area contributed by atoms with Crippen molar-refractivity contribution in [3.05, 3.63) is 197 Å². The molecule has 6 amide bonds. The van der Waals surface area contributed by atoms with E-state index < -0.39 is 35.4 Å². The van der Waals surface area contributed by atoms with E-state index in [9.17, 15) is 28.8 Å². The Kier molecular flexibility index (Phi) is 11.8. The standard InChI is InChI=1S/C72H42N4O12S3/c77-67-46-7-1-4-40-43(22-25-49(52(40)46)70(80)73-67)64-58-55(83-28-31-86-58)61(89-64)34-10-16-37(17-11-34)76(38-18-12-35(13-19-38)62-56-59(87-32-29-84-56)65(90-62)44-23-26-50-53-41(44)5-2-8-47(53)68(78)74-71(50)81)39-20-14-36(15-21-39)63-57-60(88-33-30-85-57)66(91-63)45-24-27-51-54-42(45)6-3-9-48(54)69(79)75-72(51)82/h1-27H,28-33H2,(H,73,77,80)(H,74,78,81)(H,75,79,82). The van der Waals surface area contributed by atoms with Crippen LogP contribution in [0.2, 0.25) is 0 Å². The van der Waals surface area contributed by atoms with Crippen molar-refractivity contribution in [2.75, 3.05) is 44.5 Å². The number of carbonyl (C=O) groups excluding carboxylic acids is 6. The summed E-state index contributed by atoms with van der Waals surface area (Å²) in [6.45, 7) is 2.13. The smallest absolute Gasteiger partial charge is 0.258 e. The minimum Gasteiger partial charge on any atom is -0.485 e. The lowest BCUT2D eigenvalue weighted by Crippen LogP contribution is -2.34. The van der Waals surface area contributed by atoms with Crippen molar-refractivity contribution in [2.24, 2.45) is 0 Å². The number of thiophene rings is 3. The van der Waals surface area contributed by atoms with Crippen molar-refractivity contribution >= 4 is 119 Å². The molecule has 0 spiro atoms. The predicted molar refractivity (Wildman–Crippen MR) is 348 cm³/mol. The number of anilines is 3. The van der Waals surface area contributed by atoms with Crippen molar-refractivity contribution in [3.63, 3.8) is 0 Å². The van der Waals surface area contributed by atoms with Crippen molar-refractivity contribution in [3.8, 4) is 97.1 Å². The van der Waals surface area contributed by atoms with Crippen LogP contribution in [0.15, 0.2) is 164 Å². The highest BCUT2D eigenvalue weighted by atomic mass is 32.1. The molecule has 0 saturated carbocycles. The minimum atomic E-state index is -0.435. The number of fused-ring (bicyclic) bond motifs is 3. The summed E-state index contributed by atoms with van der Waals surface area (Å²) in [7, 11) is 0. The molecule has 0 bridgehead atoms. The van der Waals surface area contributed by atoms with Gasteiger partial charge in [0.2, 0.25) is 0 Å². The summed E-state index contributed by atoms with van der Waals surface area (Å²) >= 11 is 4.58. The van der Waals surface area contributed by atoms with Gasteiger partial charge in [0.15, 0.2) is 34.5 Å². The zero-order chi connectivity index (χ0) is 60.9. The van der Waals surface area contributed by atoms with E-state index in [1.807, 2.05) is 54.6 Å². The number of benzene rings is 9. The van der Waals surface area contributed by atoms with Crippen LogP contribution in [0.4, 0.5) is 17.1 Å². The van der Waals surface area contributed by atoms with E-state index >= 15 is 0 Å². The maximum Gasteiger partial charge on any atom is 0.258 e. The van der Waals surface area contributed by atoms with Gasteiger partial charge in [0.25, 0.3) is 35.4 Å². The number of nitrogens with one attached hydrogen (secondary N) is 3. The number of rotatable bonds is 9. The highest BCUT2D eigenvalue weighted by Gasteiger charge is 2.35. The first kappa shape index (κ1) is 53.0. The Labute approximate surface area is 527 Å². The molecule has 0 atom stereocenters. The average Bonchev–Trinajstić information content (AvgIpc) is 1.75. The lowest BCUT2D eigenvalue weighted by atomic mass is 9.91. The zero-order valence-electron chi connectivity index (χ0n) is 47.4. The van der Waals surface area contributed by atoms with Crippen LogP contribution in [-0.4, -0.2) is 75.1 Å². The zero-order valence-corrected chi connectivity index (χ0v) is 49.9. The summed E-state index contributed by atoms with van der Waals surface area (Å²) < 4.78 is 38.5. The molecule has 18 rings (SSSR count). The first-order valence-corrected chi connectivity index (χ1v) is 31.7. The number of ether oxygens (including phenoxy) is 6. The SMILES string of the molecule is O=C1NC(=O)c2ccc(-c3sc(-c4ccc(N(c5ccc(-c6sc(-c7ccc8c9c(cccc79)C(=O)NC8=O)c7c6OCCO7)cc5)c5ccc(-c6sc(-c7ccc8c9c(cccc79)C(=O)NC8=O)c7c6OCCO7)cc5)cc4)c4c3OCCO4)c3cccc1c23. The Morgan fingerprint density at radius 3 is 0.758 bits per heavy atom. The molecule has 0 unspecified atom stereocenters. The van der Waals surface area contributed by atoms with Crippen molar-refractivity contribution in [1.29, 1.82) is 0 Å². The highest BCUT2D eigenvalue weighted by Crippen LogP contribution is 2.59. The second-order valence-corrected chi connectivity index (χ2v) is 25.4. The van der Waals surface area contributed by atoms with Crippen LogP contribution in [0.5, 0.6) is 34.5 Å². The molecule has 16 nitrogen and oxygen atoms in total. The third-order valence-electron chi connectivity index (χ3n) is 17.4. The van der Waals surface area contributed by atoms with Gasteiger partial charge in [0, 0.05) is 83.3 Å². The number of imide groups is 3. The van der Waals surface area contributed by atoms with Gasteiger partial charge in [0.05, 0.1) is 29.3 Å². The molecule has 440 valence electrons. The van der Waals surface area contributed by atoms with Crippen LogP contribution >= 0.6 is 34.0 Å². The van der Waals surface area contributed by atoms with E-state index in [-0.39, 0.29) is 0 Å². The molecule has 9 heterocycles. The molecule has 9 aromatic carbocycles. The van der Waals surface area contributed by atoms with Crippen LogP contribution in [0.25, 0.3) is 95.0 Å². The fraction of sp³-hybridized carbons (Fsp3) is 0.0833. The van der Waals surface area contributed by atoms with Crippen LogP contribution in [0, 0.1) is 0 Å². The van der Waals surface area contributed by atoms with Gasteiger partial charge in [-0.25, -0.2) is 0 Å². The van der Waals surface area contributed by atoms with Gasteiger partial charge in [0.1, 0.15) is 39.6 Å². The fourth-order valence-corrected chi connectivity index (χ4v) is 17.1. The van der Waals surface area contributed by atoms with E-state index in [4.69, 9.17) is 28.4 Å². The molecular weight excluding hydrogens is 1210 g/mol. The second kappa shape index (κ2) is 20.2. The van der Waals surface area contributed by atoms with Crippen LogP contribution < -0.4 is 49.3 Å². The summed E-state index contributed by atoms with van der Waals surface area (Å²) in [5.41, 5.74) is 10.3. The number of carbonyl (C=O) groups is 6. The molecule has 91 heavy (non-hydrogen) atoms. The Morgan fingerprint density at radius 1 is 0.264 bits per heavy atom. The van der Waals surface area contributed by atoms with Gasteiger partial charge in [-0.15, -0.1) is 34.0 Å². The molecule has 3 N–H and O–H groups in total. The molecule has 3 aromatic heterocycles. The molecule has 6 aliphatic rings. The van der Waals surface area contributed by atoms with Crippen LogP contribution in [0.3, 0.4) is 0 Å². The van der Waals surface area contributed by atoms with Crippen molar-refractivity contribution in [1.82, 2.24) is 16.0 Å². The normalized spacial score (nSPS) is 15.0. The topological polar surface area (TPSA) is 197 Å². The molecular formula is C72H42N4O12S3. The first-order chi connectivity index (χ1) is 44.6. The van der Waals surface area contributed by atoms with Crippen molar-refractivity contribution in [2.45, 2.75) is 0 Å². The van der Waals surface area contributed by atoms with Crippen LogP contribution in [0.1, 0.15) is 62.1 Å². The molecule has 0 fully saturated rings. The van der Waals surface area contributed by atoms with E-state index in [1.165, 1.54) is 34.0 Å². The van der Waals surface area contributed by atoms with E-state index in [2.05, 4.69) is 93.6 Å². The maximum absolute atomic E-state index is 13.1. The van der Waals surface area contributed by atoms with Gasteiger partial charge < -0.3 is 33.3 Å². The monoisotopic (exact) mass is 1250 g/mol. The number of hydrogen-bond donors (Lipinski definition) is 3. The molecule has 0 radical (unpaired) electrons. The maximum atomic E-state index is 13.1. The largest absolute Gasteiger partial charge is 0.485 e. The van der Waals surface area contributed by atoms with Crippen LogP contribution in [-0.2, 0) is 0 Å². The van der Waals surface area contributed by atoms with Gasteiger partial charge in [-0.3, -0.25) is 44.7 Å². The Bertz CT molecular complexity index is 4720. The summed E-state index contributed by atoms with van der Waals surface area (Å²) in [5.74, 6) is 1.07. The third kappa shape index (κ3) is 8.04. The Hall–Kier alpha value is -11.1. The molecule has 12 aromatic rings. The third-order valence-corrected chi connectivity index (χ3v) is 21.1. The Balaban J connectivity index is 0.743. The van der Waals surface area contributed by atoms with Gasteiger partial charge >= 0.3 is 0 Å². The van der Waals surface area contributed by atoms with Gasteiger partial charge in [-0.1, -0.05) is 91.0 Å². The molecule has 6 aliphatic heterocycles. The quantitative estimate of drug-likeness (QED) is 0.116. The molecule has 19 heteroatoms. The predicted octanol–water partition coefficient (Wildman–Crippen LogP) is 14.8. The number of amides is 6. The summed E-state index contributed by atoms with van der Waals surface area (Å²) in [5, 5.41) is 11.5. The fourth-order valence-electron chi connectivity index (χ4n) is 13.3. The van der Waals surface area contributed by atoms with E-state index in [0.29, 0.717) is 124 Å². The lowest BCUT2D eigenvalue weighted by molar-refractivity contribution is 0.0828. The highest BCUT2D eigenvalue weighted by molar-refractivity contribution is 7.20. The molecule has 0 saturated heterocycles. The summed E-state index contributed by atoms with van der Waals surface area (Å²) in [6.07, 6.45) is 0. The molecule has 0 aliphatic carbocycles. The van der Waals surface area contributed by atoms with Gasteiger partial charge in [-0.2, -0.15) is 0 Å². The number of hydrogen-bond acceptors (Lipinski definition) is 16. The van der Waals surface area contributed by atoms with E-state index in [1.54, 1.807) is 36.4 Å². The summed E-state index contributed by atoms with van der Waals surface area (Å²) in [4.78, 5) is 85.6. The Morgan fingerprint density at radius 2 is 0.495 bits per heavy atom. The lowest BCUT2D eigenvalue weighted by Gasteiger charge is -2.26. The minimum absolute atomic E-state index is 0.351. The summed E-state index contributed by atoms with van der Waals surface area (Å²) in [6, 6.07) is 52.4. The number of nitrogens with zero attached hydrogens (tertiary/aromatic N) is 1. The van der Waals surface area contributed by atoms with Crippen molar-refractivity contribution < 1.29 is 57.2 Å².